The van der Waals surface area contributed by atoms with Gasteiger partial charge in [-0.1, -0.05) is 17.7 Å². The molecule has 0 unspecified atom stereocenters. The second-order valence-electron chi connectivity index (χ2n) is 7.11. The van der Waals surface area contributed by atoms with E-state index in [2.05, 4.69) is 28.4 Å². The van der Waals surface area contributed by atoms with E-state index in [0.717, 1.165) is 25.1 Å². The van der Waals surface area contributed by atoms with Crippen molar-refractivity contribution in [2.75, 3.05) is 26.7 Å². The highest BCUT2D eigenvalue weighted by Crippen LogP contribution is 2.34. The molecular formula is C20H28N4O2. The van der Waals surface area contributed by atoms with Crippen LogP contribution < -0.4 is 10.1 Å². The van der Waals surface area contributed by atoms with Gasteiger partial charge in [-0.3, -0.25) is 14.4 Å². The molecule has 1 saturated heterocycles. The number of hydrogen-bond donors (Lipinski definition) is 1. The molecule has 2 aromatic rings. The van der Waals surface area contributed by atoms with Gasteiger partial charge in [0.1, 0.15) is 5.75 Å². The summed E-state index contributed by atoms with van der Waals surface area (Å²) in [6.07, 6.45) is 4.08. The van der Waals surface area contributed by atoms with Gasteiger partial charge in [-0.25, -0.2) is 0 Å². The molecule has 140 valence electrons. The number of likely N-dealkylation sites (tertiary alicyclic amines) is 1. The number of hydrogen-bond acceptors (Lipinski definition) is 4. The number of ether oxygens (including phenoxy) is 1. The summed E-state index contributed by atoms with van der Waals surface area (Å²) in [4.78, 5) is 14.6. The quantitative estimate of drug-likeness (QED) is 0.863. The third kappa shape index (κ3) is 4.43. The third-order valence-corrected chi connectivity index (χ3v) is 5.12. The lowest BCUT2D eigenvalue weighted by molar-refractivity contribution is -0.123. The van der Waals surface area contributed by atoms with E-state index in [1.165, 1.54) is 11.3 Å². The highest BCUT2D eigenvalue weighted by Gasteiger charge is 2.32. The molecule has 6 heteroatoms. The van der Waals surface area contributed by atoms with Gasteiger partial charge in [0, 0.05) is 19.8 Å². The van der Waals surface area contributed by atoms with E-state index < -0.39 is 0 Å². The first kappa shape index (κ1) is 18.5. The Morgan fingerprint density at radius 3 is 2.73 bits per heavy atom. The highest BCUT2D eigenvalue weighted by atomic mass is 16.5. The van der Waals surface area contributed by atoms with Gasteiger partial charge in [0.15, 0.2) is 6.61 Å². The minimum Gasteiger partial charge on any atom is -0.484 e. The predicted molar refractivity (Wildman–Crippen MR) is 101 cm³/mol. The average molecular weight is 356 g/mol. The molecule has 0 saturated carbocycles. The summed E-state index contributed by atoms with van der Waals surface area (Å²) in [6.45, 7) is 3.78. The van der Waals surface area contributed by atoms with Crippen molar-refractivity contribution in [3.63, 3.8) is 0 Å². The average Bonchev–Trinajstić information content (AvgIpc) is 3.05. The summed E-state index contributed by atoms with van der Waals surface area (Å²) < 4.78 is 7.50. The Morgan fingerprint density at radius 1 is 1.27 bits per heavy atom. The zero-order valence-electron chi connectivity index (χ0n) is 15.8. The van der Waals surface area contributed by atoms with E-state index in [1.54, 1.807) is 0 Å². The van der Waals surface area contributed by atoms with E-state index in [9.17, 15) is 4.79 Å². The fourth-order valence-electron chi connectivity index (χ4n) is 3.69. The Hall–Kier alpha value is -2.34. The molecular weight excluding hydrogens is 328 g/mol. The van der Waals surface area contributed by atoms with Crippen molar-refractivity contribution in [3.8, 4) is 5.75 Å². The summed E-state index contributed by atoms with van der Waals surface area (Å²) in [5.41, 5.74) is 2.37. The molecule has 6 nitrogen and oxygen atoms in total. The van der Waals surface area contributed by atoms with Crippen molar-refractivity contribution in [2.45, 2.75) is 25.8 Å². The maximum Gasteiger partial charge on any atom is 0.257 e. The number of benzene rings is 1. The number of amides is 1. The second-order valence-corrected chi connectivity index (χ2v) is 7.11. The van der Waals surface area contributed by atoms with Crippen LogP contribution in [0.25, 0.3) is 0 Å². The SMILES string of the molecule is Cc1ccc(OCC(=O)NC[C@@H]2CCCN(C)[C@H]2c2ccnn2C)cc1. The minimum atomic E-state index is -0.0810. The van der Waals surface area contributed by atoms with Crippen molar-refractivity contribution in [2.24, 2.45) is 13.0 Å². The van der Waals surface area contributed by atoms with E-state index in [1.807, 2.05) is 49.1 Å². The van der Waals surface area contributed by atoms with Gasteiger partial charge in [0.05, 0.1) is 11.7 Å². The van der Waals surface area contributed by atoms with Crippen LogP contribution in [0, 0.1) is 12.8 Å². The Morgan fingerprint density at radius 2 is 2.04 bits per heavy atom. The van der Waals surface area contributed by atoms with Crippen LogP contribution in [0.4, 0.5) is 0 Å². The Kier molecular flexibility index (Phi) is 5.93. The van der Waals surface area contributed by atoms with Gasteiger partial charge in [-0.05, 0) is 57.5 Å². The molecule has 0 radical (unpaired) electrons. The van der Waals surface area contributed by atoms with Crippen LogP contribution in [-0.4, -0.2) is 47.3 Å². The van der Waals surface area contributed by atoms with Crippen LogP contribution in [0.1, 0.15) is 30.1 Å². The summed E-state index contributed by atoms with van der Waals surface area (Å²) >= 11 is 0. The molecule has 0 spiro atoms. The standard InChI is InChI=1S/C20H28N4O2/c1-15-6-8-17(9-7-15)26-14-19(25)21-13-16-5-4-12-23(2)20(16)18-10-11-22-24(18)3/h6-11,16,20H,4-5,12-14H2,1-3H3,(H,21,25)/t16-,20+/m0/s1. The number of carbonyl (C=O) groups is 1. The van der Waals surface area contributed by atoms with Crippen molar-refractivity contribution >= 4 is 5.91 Å². The van der Waals surface area contributed by atoms with Crippen molar-refractivity contribution in [3.05, 3.63) is 47.8 Å². The molecule has 0 bridgehead atoms. The van der Waals surface area contributed by atoms with Crippen LogP contribution in [0.5, 0.6) is 5.75 Å². The molecule has 1 amide bonds. The minimum absolute atomic E-state index is 0.0436. The first-order valence-electron chi connectivity index (χ1n) is 9.19. The number of nitrogens with zero attached hydrogens (tertiary/aromatic N) is 3. The zero-order valence-corrected chi connectivity index (χ0v) is 15.8. The van der Waals surface area contributed by atoms with Crippen molar-refractivity contribution < 1.29 is 9.53 Å². The van der Waals surface area contributed by atoms with E-state index in [4.69, 9.17) is 4.74 Å². The van der Waals surface area contributed by atoms with Crippen LogP contribution in [0.15, 0.2) is 36.5 Å². The van der Waals surface area contributed by atoms with Gasteiger partial charge in [-0.2, -0.15) is 5.10 Å². The van der Waals surface area contributed by atoms with Crippen molar-refractivity contribution in [1.82, 2.24) is 20.0 Å². The largest absolute Gasteiger partial charge is 0.484 e. The van der Waals surface area contributed by atoms with Crippen LogP contribution in [0.2, 0.25) is 0 Å². The number of carbonyl (C=O) groups excluding carboxylic acids is 1. The molecule has 1 aromatic carbocycles. The number of rotatable bonds is 6. The first-order chi connectivity index (χ1) is 12.5. The van der Waals surface area contributed by atoms with Crippen LogP contribution >= 0.6 is 0 Å². The lowest BCUT2D eigenvalue weighted by Crippen LogP contribution is -2.43. The maximum absolute atomic E-state index is 12.2. The topological polar surface area (TPSA) is 59.4 Å². The fraction of sp³-hybridized carbons (Fsp3) is 0.500. The molecule has 2 heterocycles. The summed E-state index contributed by atoms with van der Waals surface area (Å²) in [6, 6.07) is 10.1. The number of piperidine rings is 1. The summed E-state index contributed by atoms with van der Waals surface area (Å²) in [5, 5.41) is 7.35. The summed E-state index contributed by atoms with van der Waals surface area (Å²) in [7, 11) is 4.12. The Balaban J connectivity index is 1.54. The molecule has 1 aromatic heterocycles. The van der Waals surface area contributed by atoms with Gasteiger partial charge < -0.3 is 10.1 Å². The monoisotopic (exact) mass is 356 g/mol. The van der Waals surface area contributed by atoms with Gasteiger partial charge in [0.25, 0.3) is 5.91 Å². The lowest BCUT2D eigenvalue weighted by atomic mass is 9.87. The smallest absolute Gasteiger partial charge is 0.257 e. The molecule has 26 heavy (non-hydrogen) atoms. The Bertz CT molecular complexity index is 726. The summed E-state index contributed by atoms with van der Waals surface area (Å²) in [5.74, 6) is 1.01. The number of nitrogens with one attached hydrogen (secondary N) is 1. The number of aryl methyl sites for hydroxylation is 2. The molecule has 0 aliphatic carbocycles. The third-order valence-electron chi connectivity index (χ3n) is 5.12. The van der Waals surface area contributed by atoms with Gasteiger partial charge in [0.2, 0.25) is 0 Å². The lowest BCUT2D eigenvalue weighted by Gasteiger charge is -2.39. The molecule has 1 aliphatic rings. The maximum atomic E-state index is 12.2. The van der Waals surface area contributed by atoms with Crippen LogP contribution in [0.3, 0.4) is 0 Å². The molecule has 1 aliphatic heterocycles. The highest BCUT2D eigenvalue weighted by molar-refractivity contribution is 5.77. The second kappa shape index (κ2) is 8.36. The normalized spacial score (nSPS) is 20.7. The van der Waals surface area contributed by atoms with E-state index in [0.29, 0.717) is 12.5 Å². The van der Waals surface area contributed by atoms with Crippen LogP contribution in [-0.2, 0) is 11.8 Å². The predicted octanol–water partition coefficient (Wildman–Crippen LogP) is 2.31. The molecule has 3 rings (SSSR count). The molecule has 1 N–H and O–H groups in total. The van der Waals surface area contributed by atoms with E-state index in [-0.39, 0.29) is 18.6 Å². The van der Waals surface area contributed by atoms with Gasteiger partial charge >= 0.3 is 0 Å². The van der Waals surface area contributed by atoms with Gasteiger partial charge in [-0.15, -0.1) is 0 Å². The first-order valence-corrected chi connectivity index (χ1v) is 9.19. The van der Waals surface area contributed by atoms with E-state index >= 15 is 0 Å². The van der Waals surface area contributed by atoms with Crippen molar-refractivity contribution in [1.29, 1.82) is 0 Å². The molecule has 1 fully saturated rings. The zero-order chi connectivity index (χ0) is 18.5. The Labute approximate surface area is 155 Å². The molecule has 2 atom stereocenters. The fourth-order valence-corrected chi connectivity index (χ4v) is 3.69. The number of aromatic nitrogens is 2.